The number of carboxylic acids is 1. The van der Waals surface area contributed by atoms with E-state index in [1.54, 1.807) is 20.3 Å². The summed E-state index contributed by atoms with van der Waals surface area (Å²) < 4.78 is 10.5. The van der Waals surface area contributed by atoms with Crippen molar-refractivity contribution >= 4 is 5.97 Å². The predicted molar refractivity (Wildman–Crippen MR) is 72.6 cm³/mol. The highest BCUT2D eigenvalue weighted by Gasteiger charge is 2.21. The van der Waals surface area contributed by atoms with Gasteiger partial charge in [-0.15, -0.1) is 0 Å². The molecule has 106 valence electrons. The molecule has 0 aliphatic heterocycles. The van der Waals surface area contributed by atoms with Crippen LogP contribution in [0.15, 0.2) is 18.2 Å². The molecule has 1 aromatic carbocycles. The largest absolute Gasteiger partial charge is 0.493 e. The summed E-state index contributed by atoms with van der Waals surface area (Å²) in [5.74, 6) is 0.426. The molecule has 0 saturated carbocycles. The number of nitrogens with one attached hydrogen (secondary N) is 1. The maximum atomic E-state index is 11.1. The van der Waals surface area contributed by atoms with Crippen LogP contribution in [0, 0.1) is 5.92 Å². The fourth-order valence-electron chi connectivity index (χ4n) is 1.92. The summed E-state index contributed by atoms with van der Waals surface area (Å²) in [6.07, 6.45) is 0. The quantitative estimate of drug-likeness (QED) is 0.789. The normalized spacial score (nSPS) is 12.3. The number of carbonyl (C=O) groups is 1. The van der Waals surface area contributed by atoms with Crippen LogP contribution in [-0.4, -0.2) is 31.3 Å². The Hall–Kier alpha value is -1.75. The first-order valence-corrected chi connectivity index (χ1v) is 6.17. The molecule has 5 heteroatoms. The Balaban J connectivity index is 2.85. The van der Waals surface area contributed by atoms with Crippen LogP contribution in [0.3, 0.4) is 0 Å². The maximum absolute atomic E-state index is 11.1. The van der Waals surface area contributed by atoms with Crippen molar-refractivity contribution in [3.8, 4) is 11.5 Å². The molecule has 1 aromatic rings. The van der Waals surface area contributed by atoms with Crippen LogP contribution in [0.1, 0.15) is 19.4 Å². The van der Waals surface area contributed by atoms with Crippen LogP contribution in [0.4, 0.5) is 0 Å². The molecular weight excluding hydrogens is 246 g/mol. The molecule has 0 aromatic heterocycles. The second-order valence-electron chi connectivity index (χ2n) is 4.59. The maximum Gasteiger partial charge on any atom is 0.320 e. The van der Waals surface area contributed by atoms with E-state index < -0.39 is 12.0 Å². The van der Waals surface area contributed by atoms with E-state index in [2.05, 4.69) is 5.32 Å². The van der Waals surface area contributed by atoms with Crippen molar-refractivity contribution in [3.63, 3.8) is 0 Å². The molecule has 5 nitrogen and oxygen atoms in total. The first kappa shape index (κ1) is 15.3. The van der Waals surface area contributed by atoms with Crippen molar-refractivity contribution < 1.29 is 19.4 Å². The van der Waals surface area contributed by atoms with Gasteiger partial charge in [0.25, 0.3) is 0 Å². The van der Waals surface area contributed by atoms with Gasteiger partial charge in [0.2, 0.25) is 0 Å². The number of ether oxygens (including phenoxy) is 2. The summed E-state index contributed by atoms with van der Waals surface area (Å²) in [4.78, 5) is 11.1. The summed E-state index contributed by atoms with van der Waals surface area (Å²) in [5.41, 5.74) is 0.869. The number of benzene rings is 1. The van der Waals surface area contributed by atoms with Gasteiger partial charge in [-0.05, 0) is 12.0 Å². The van der Waals surface area contributed by atoms with Crippen molar-refractivity contribution in [2.24, 2.45) is 5.92 Å². The molecule has 1 atom stereocenters. The lowest BCUT2D eigenvalue weighted by Gasteiger charge is -2.19. The Labute approximate surface area is 113 Å². The molecule has 0 aliphatic rings. The van der Waals surface area contributed by atoms with Gasteiger partial charge in [0.05, 0.1) is 14.2 Å². The lowest BCUT2D eigenvalue weighted by molar-refractivity contribution is -0.140. The number of rotatable bonds is 7. The Bertz CT molecular complexity index is 431. The lowest BCUT2D eigenvalue weighted by Crippen LogP contribution is -2.40. The molecule has 0 bridgehead atoms. The summed E-state index contributed by atoms with van der Waals surface area (Å²) >= 11 is 0. The van der Waals surface area contributed by atoms with Crippen molar-refractivity contribution in [2.75, 3.05) is 14.2 Å². The molecule has 2 N–H and O–H groups in total. The van der Waals surface area contributed by atoms with Crippen LogP contribution in [-0.2, 0) is 11.3 Å². The molecule has 0 saturated heterocycles. The predicted octanol–water partition coefficient (Wildman–Crippen LogP) is 1.90. The van der Waals surface area contributed by atoms with E-state index in [1.807, 2.05) is 26.0 Å². The Morgan fingerprint density at radius 2 is 2.00 bits per heavy atom. The fraction of sp³-hybridized carbons (Fsp3) is 0.500. The molecule has 0 unspecified atom stereocenters. The monoisotopic (exact) mass is 267 g/mol. The van der Waals surface area contributed by atoms with Crippen LogP contribution in [0.2, 0.25) is 0 Å². The number of hydrogen-bond donors (Lipinski definition) is 2. The highest BCUT2D eigenvalue weighted by molar-refractivity contribution is 5.73. The van der Waals surface area contributed by atoms with Crippen molar-refractivity contribution in [2.45, 2.75) is 26.4 Å². The van der Waals surface area contributed by atoms with Gasteiger partial charge < -0.3 is 14.6 Å². The van der Waals surface area contributed by atoms with Crippen LogP contribution in [0.25, 0.3) is 0 Å². The molecule has 0 radical (unpaired) electrons. The molecule has 0 amide bonds. The molecule has 0 aliphatic carbocycles. The van der Waals surface area contributed by atoms with Crippen LogP contribution < -0.4 is 14.8 Å². The van der Waals surface area contributed by atoms with E-state index in [1.165, 1.54) is 0 Å². The Morgan fingerprint density at radius 3 is 2.47 bits per heavy atom. The highest BCUT2D eigenvalue weighted by atomic mass is 16.5. The Kier molecular flexibility index (Phi) is 5.63. The van der Waals surface area contributed by atoms with Crippen LogP contribution >= 0.6 is 0 Å². The second kappa shape index (κ2) is 6.99. The molecular formula is C14H21NO4. The smallest absolute Gasteiger partial charge is 0.320 e. The summed E-state index contributed by atoms with van der Waals surface area (Å²) in [5, 5.41) is 12.2. The third-order valence-corrected chi connectivity index (χ3v) is 2.93. The highest BCUT2D eigenvalue weighted by Crippen LogP contribution is 2.30. The minimum Gasteiger partial charge on any atom is -0.493 e. The van der Waals surface area contributed by atoms with E-state index in [4.69, 9.17) is 14.6 Å². The first-order valence-electron chi connectivity index (χ1n) is 6.17. The fourth-order valence-corrected chi connectivity index (χ4v) is 1.92. The second-order valence-corrected chi connectivity index (χ2v) is 4.59. The standard InChI is InChI=1S/C14H21NO4/c1-9(2)12(14(16)17)15-8-10-6-5-7-11(18-3)13(10)19-4/h5-7,9,12,15H,8H2,1-4H3,(H,16,17)/t12-/m1/s1. The van der Waals surface area contributed by atoms with Gasteiger partial charge in [0, 0.05) is 12.1 Å². The zero-order valence-corrected chi connectivity index (χ0v) is 11.8. The lowest BCUT2D eigenvalue weighted by atomic mass is 10.0. The van der Waals surface area contributed by atoms with Gasteiger partial charge in [-0.25, -0.2) is 0 Å². The average molecular weight is 267 g/mol. The summed E-state index contributed by atoms with van der Waals surface area (Å²) in [6.45, 7) is 4.15. The third-order valence-electron chi connectivity index (χ3n) is 2.93. The number of carboxylic acid groups (broad SMARTS) is 1. The molecule has 0 spiro atoms. The zero-order chi connectivity index (χ0) is 14.4. The van der Waals surface area contributed by atoms with Gasteiger partial charge in [-0.2, -0.15) is 0 Å². The number of methoxy groups -OCH3 is 2. The van der Waals surface area contributed by atoms with E-state index in [0.717, 1.165) is 5.56 Å². The van der Waals surface area contributed by atoms with Crippen molar-refractivity contribution in [1.82, 2.24) is 5.32 Å². The van der Waals surface area contributed by atoms with E-state index in [0.29, 0.717) is 18.0 Å². The van der Waals surface area contributed by atoms with Crippen molar-refractivity contribution in [1.29, 1.82) is 0 Å². The summed E-state index contributed by atoms with van der Waals surface area (Å²) in [7, 11) is 3.14. The van der Waals surface area contributed by atoms with E-state index >= 15 is 0 Å². The summed E-state index contributed by atoms with van der Waals surface area (Å²) in [6, 6.07) is 4.95. The number of hydrogen-bond acceptors (Lipinski definition) is 4. The third kappa shape index (κ3) is 3.86. The SMILES string of the molecule is COc1cccc(CN[C@@H](C(=O)O)C(C)C)c1OC. The van der Waals surface area contributed by atoms with Crippen molar-refractivity contribution in [3.05, 3.63) is 23.8 Å². The Morgan fingerprint density at radius 1 is 1.32 bits per heavy atom. The zero-order valence-electron chi connectivity index (χ0n) is 11.8. The van der Waals surface area contributed by atoms with Gasteiger partial charge in [0.1, 0.15) is 6.04 Å². The number of para-hydroxylation sites is 1. The topological polar surface area (TPSA) is 67.8 Å². The van der Waals surface area contributed by atoms with Gasteiger partial charge in [0.15, 0.2) is 11.5 Å². The minimum atomic E-state index is -0.850. The minimum absolute atomic E-state index is 0.00843. The number of aliphatic carboxylic acids is 1. The molecule has 1 rings (SSSR count). The average Bonchev–Trinajstić information content (AvgIpc) is 2.37. The molecule has 0 fully saturated rings. The van der Waals surface area contributed by atoms with Gasteiger partial charge in [-0.3, -0.25) is 10.1 Å². The van der Waals surface area contributed by atoms with Gasteiger partial charge >= 0.3 is 5.97 Å². The first-order chi connectivity index (χ1) is 9.01. The van der Waals surface area contributed by atoms with Crippen LogP contribution in [0.5, 0.6) is 11.5 Å². The molecule has 19 heavy (non-hydrogen) atoms. The van der Waals surface area contributed by atoms with E-state index in [-0.39, 0.29) is 5.92 Å². The van der Waals surface area contributed by atoms with E-state index in [9.17, 15) is 4.79 Å². The molecule has 0 heterocycles. The van der Waals surface area contributed by atoms with Gasteiger partial charge in [-0.1, -0.05) is 26.0 Å².